The third-order valence-electron chi connectivity index (χ3n) is 3.50. The van der Waals surface area contributed by atoms with Crippen LogP contribution >= 0.6 is 0 Å². The number of nitrogens with one attached hydrogen (secondary N) is 1. The quantitative estimate of drug-likeness (QED) is 0.787. The molecule has 0 saturated carbocycles. The zero-order valence-electron chi connectivity index (χ0n) is 12.5. The molecule has 1 aromatic heterocycles. The van der Waals surface area contributed by atoms with Gasteiger partial charge in [-0.15, -0.1) is 0 Å². The number of rotatable bonds is 5. The third-order valence-corrected chi connectivity index (χ3v) is 3.50. The summed E-state index contributed by atoms with van der Waals surface area (Å²) in [6.45, 7) is 2.46. The van der Waals surface area contributed by atoms with Gasteiger partial charge in [0.1, 0.15) is 5.52 Å². The Morgan fingerprint density at radius 1 is 1.14 bits per heavy atom. The van der Waals surface area contributed by atoms with Crippen LogP contribution in [0.25, 0.3) is 11.1 Å². The molecule has 0 atom stereocenters. The van der Waals surface area contributed by atoms with Crippen molar-refractivity contribution >= 4 is 17.0 Å². The van der Waals surface area contributed by atoms with E-state index >= 15 is 0 Å². The molecule has 1 N–H and O–H groups in total. The van der Waals surface area contributed by atoms with Gasteiger partial charge in [-0.05, 0) is 29.7 Å². The number of carbonyl (C=O) groups is 1. The summed E-state index contributed by atoms with van der Waals surface area (Å²) in [6, 6.07) is 15.7. The van der Waals surface area contributed by atoms with Gasteiger partial charge in [-0.25, -0.2) is 4.98 Å². The number of fused-ring (bicyclic) bond motifs is 1. The number of carbonyl (C=O) groups excluding carboxylic acids is 1. The molecular weight excluding hydrogens is 276 g/mol. The third kappa shape index (κ3) is 3.52. The van der Waals surface area contributed by atoms with Crippen molar-refractivity contribution in [1.82, 2.24) is 10.3 Å². The van der Waals surface area contributed by atoms with Gasteiger partial charge < -0.3 is 9.73 Å². The average Bonchev–Trinajstić information content (AvgIpc) is 2.87. The van der Waals surface area contributed by atoms with E-state index in [-0.39, 0.29) is 5.91 Å². The first-order valence-corrected chi connectivity index (χ1v) is 7.37. The highest BCUT2D eigenvalue weighted by atomic mass is 16.3. The number of aryl methyl sites for hydroxylation is 1. The minimum atomic E-state index is 0.0459. The Balaban J connectivity index is 1.52. The molecule has 4 nitrogen and oxygen atoms in total. The second-order valence-corrected chi connectivity index (χ2v) is 5.30. The van der Waals surface area contributed by atoms with Crippen molar-refractivity contribution in [3.8, 4) is 0 Å². The molecule has 0 aliphatic rings. The van der Waals surface area contributed by atoms with E-state index in [1.807, 2.05) is 55.5 Å². The molecule has 0 aliphatic heterocycles. The number of oxazole rings is 1. The predicted molar refractivity (Wildman–Crippen MR) is 85.6 cm³/mol. The van der Waals surface area contributed by atoms with Gasteiger partial charge >= 0.3 is 0 Å². The van der Waals surface area contributed by atoms with E-state index in [9.17, 15) is 4.79 Å². The van der Waals surface area contributed by atoms with Gasteiger partial charge in [0, 0.05) is 13.5 Å². The lowest BCUT2D eigenvalue weighted by atomic mass is 10.1. The molecule has 0 saturated heterocycles. The number of benzene rings is 2. The van der Waals surface area contributed by atoms with Crippen molar-refractivity contribution in [2.24, 2.45) is 0 Å². The molecule has 4 heteroatoms. The van der Waals surface area contributed by atoms with Gasteiger partial charge in [-0.3, -0.25) is 4.79 Å². The molecule has 0 fully saturated rings. The zero-order chi connectivity index (χ0) is 15.4. The standard InChI is InChI=1S/C18H18N2O2/c1-13-20-16-11-15(7-8-17(16)22-13)9-10-19-18(21)12-14-5-3-2-4-6-14/h2-8,11H,9-10,12H2,1H3,(H,19,21). The highest BCUT2D eigenvalue weighted by Crippen LogP contribution is 2.16. The molecule has 0 spiro atoms. The summed E-state index contributed by atoms with van der Waals surface area (Å²) >= 11 is 0. The van der Waals surface area contributed by atoms with Gasteiger partial charge in [-0.2, -0.15) is 0 Å². The Hall–Kier alpha value is -2.62. The molecule has 0 aliphatic carbocycles. The van der Waals surface area contributed by atoms with Crippen LogP contribution in [0.15, 0.2) is 52.9 Å². The Labute approximate surface area is 129 Å². The zero-order valence-corrected chi connectivity index (χ0v) is 12.5. The summed E-state index contributed by atoms with van der Waals surface area (Å²) in [7, 11) is 0. The van der Waals surface area contributed by atoms with Gasteiger partial charge in [0.2, 0.25) is 5.91 Å². The molecule has 2 aromatic carbocycles. The largest absolute Gasteiger partial charge is 0.441 e. The number of hydrogen-bond donors (Lipinski definition) is 1. The van der Waals surface area contributed by atoms with Crippen molar-refractivity contribution in [1.29, 1.82) is 0 Å². The van der Waals surface area contributed by atoms with E-state index in [1.165, 1.54) is 0 Å². The predicted octanol–water partition coefficient (Wildman–Crippen LogP) is 3.04. The van der Waals surface area contributed by atoms with Crippen molar-refractivity contribution in [2.75, 3.05) is 6.54 Å². The van der Waals surface area contributed by atoms with Crippen LogP contribution in [0.1, 0.15) is 17.0 Å². The van der Waals surface area contributed by atoms with Crippen LogP contribution in [0.4, 0.5) is 0 Å². The summed E-state index contributed by atoms with van der Waals surface area (Å²) in [4.78, 5) is 16.2. The van der Waals surface area contributed by atoms with Crippen LogP contribution in [-0.2, 0) is 17.6 Å². The van der Waals surface area contributed by atoms with Gasteiger partial charge in [0.05, 0.1) is 6.42 Å². The topological polar surface area (TPSA) is 55.1 Å². The van der Waals surface area contributed by atoms with E-state index in [0.717, 1.165) is 28.6 Å². The Bertz CT molecular complexity index is 778. The van der Waals surface area contributed by atoms with E-state index in [1.54, 1.807) is 0 Å². The monoisotopic (exact) mass is 294 g/mol. The van der Waals surface area contributed by atoms with Gasteiger partial charge in [-0.1, -0.05) is 36.4 Å². The van der Waals surface area contributed by atoms with E-state index in [2.05, 4.69) is 10.3 Å². The summed E-state index contributed by atoms with van der Waals surface area (Å²) in [5.74, 6) is 0.716. The number of hydrogen-bond acceptors (Lipinski definition) is 3. The van der Waals surface area contributed by atoms with Crippen LogP contribution in [0, 0.1) is 6.92 Å². The maximum absolute atomic E-state index is 11.9. The minimum Gasteiger partial charge on any atom is -0.441 e. The molecule has 112 valence electrons. The fourth-order valence-corrected chi connectivity index (χ4v) is 2.43. The average molecular weight is 294 g/mol. The Morgan fingerprint density at radius 3 is 2.77 bits per heavy atom. The number of amides is 1. The molecule has 1 amide bonds. The van der Waals surface area contributed by atoms with Crippen LogP contribution in [0.3, 0.4) is 0 Å². The van der Waals surface area contributed by atoms with Crippen molar-refractivity contribution in [3.63, 3.8) is 0 Å². The lowest BCUT2D eigenvalue weighted by Gasteiger charge is -2.05. The molecule has 0 radical (unpaired) electrons. The molecule has 3 aromatic rings. The lowest BCUT2D eigenvalue weighted by Crippen LogP contribution is -2.27. The van der Waals surface area contributed by atoms with Gasteiger partial charge in [0.25, 0.3) is 0 Å². The second-order valence-electron chi connectivity index (χ2n) is 5.30. The first-order valence-electron chi connectivity index (χ1n) is 7.37. The van der Waals surface area contributed by atoms with Crippen LogP contribution in [-0.4, -0.2) is 17.4 Å². The van der Waals surface area contributed by atoms with E-state index in [0.29, 0.717) is 18.9 Å². The maximum Gasteiger partial charge on any atom is 0.224 e. The maximum atomic E-state index is 11.9. The SMILES string of the molecule is Cc1nc2cc(CCNC(=O)Cc3ccccc3)ccc2o1. The van der Waals surface area contributed by atoms with Crippen LogP contribution in [0.2, 0.25) is 0 Å². The normalized spacial score (nSPS) is 10.8. The molecule has 3 rings (SSSR count). The van der Waals surface area contributed by atoms with E-state index in [4.69, 9.17) is 4.42 Å². The summed E-state index contributed by atoms with van der Waals surface area (Å²) < 4.78 is 5.45. The summed E-state index contributed by atoms with van der Waals surface area (Å²) in [6.07, 6.45) is 1.20. The van der Waals surface area contributed by atoms with Crippen molar-refractivity contribution < 1.29 is 9.21 Å². The fraction of sp³-hybridized carbons (Fsp3) is 0.222. The smallest absolute Gasteiger partial charge is 0.224 e. The molecule has 0 bridgehead atoms. The molecular formula is C18H18N2O2. The van der Waals surface area contributed by atoms with Crippen molar-refractivity contribution in [2.45, 2.75) is 19.8 Å². The Morgan fingerprint density at radius 2 is 1.95 bits per heavy atom. The molecule has 0 unspecified atom stereocenters. The Kier molecular flexibility index (Phi) is 4.19. The number of aromatic nitrogens is 1. The highest BCUT2D eigenvalue weighted by Gasteiger charge is 2.05. The number of nitrogens with zero attached hydrogens (tertiary/aromatic N) is 1. The van der Waals surface area contributed by atoms with Crippen LogP contribution in [0.5, 0.6) is 0 Å². The van der Waals surface area contributed by atoms with Gasteiger partial charge in [0.15, 0.2) is 11.5 Å². The molecule has 1 heterocycles. The highest BCUT2D eigenvalue weighted by molar-refractivity contribution is 5.78. The minimum absolute atomic E-state index is 0.0459. The fourth-order valence-electron chi connectivity index (χ4n) is 2.43. The van der Waals surface area contributed by atoms with Crippen LogP contribution < -0.4 is 5.32 Å². The molecule has 22 heavy (non-hydrogen) atoms. The second kappa shape index (κ2) is 6.43. The first-order chi connectivity index (χ1) is 10.7. The summed E-state index contributed by atoms with van der Waals surface area (Å²) in [5, 5.41) is 2.95. The lowest BCUT2D eigenvalue weighted by molar-refractivity contribution is -0.120. The summed E-state index contributed by atoms with van der Waals surface area (Å²) in [5.41, 5.74) is 3.83. The first kappa shape index (κ1) is 14.3. The van der Waals surface area contributed by atoms with Crippen molar-refractivity contribution in [3.05, 3.63) is 65.5 Å². The van der Waals surface area contributed by atoms with E-state index < -0.39 is 0 Å².